The molecule has 0 saturated heterocycles. The summed E-state index contributed by atoms with van der Waals surface area (Å²) in [6, 6.07) is 10.6. The molecule has 2 aromatic carbocycles. The second-order valence-electron chi connectivity index (χ2n) is 9.30. The molecule has 7 nitrogen and oxygen atoms in total. The molecule has 1 unspecified atom stereocenters. The topological polar surface area (TPSA) is 88.1 Å². The van der Waals surface area contributed by atoms with E-state index in [1.165, 1.54) is 26.0 Å². The van der Waals surface area contributed by atoms with Gasteiger partial charge in [0.15, 0.2) is 6.10 Å². The minimum Gasteiger partial charge on any atom is -0.483 e. The van der Waals surface area contributed by atoms with Crippen LogP contribution in [0.15, 0.2) is 66.8 Å². The summed E-state index contributed by atoms with van der Waals surface area (Å²) in [7, 11) is 0. The third kappa shape index (κ3) is 8.37. The first kappa shape index (κ1) is 28.3. The number of ether oxygens (including phenoxy) is 4. The van der Waals surface area contributed by atoms with Crippen molar-refractivity contribution in [3.8, 4) is 22.6 Å². The molecule has 2 aromatic rings. The molecule has 0 bridgehead atoms. The zero-order valence-corrected chi connectivity index (χ0v) is 21.2. The summed E-state index contributed by atoms with van der Waals surface area (Å²) in [4.78, 5) is 35.6. The lowest BCUT2D eigenvalue weighted by atomic mass is 9.97. The van der Waals surface area contributed by atoms with Gasteiger partial charge in [-0.3, -0.25) is 4.79 Å². The van der Waals surface area contributed by atoms with Crippen LogP contribution in [-0.4, -0.2) is 37.2 Å². The van der Waals surface area contributed by atoms with Crippen molar-refractivity contribution in [3.63, 3.8) is 0 Å². The van der Waals surface area contributed by atoms with E-state index in [0.29, 0.717) is 16.9 Å². The van der Waals surface area contributed by atoms with Gasteiger partial charge in [0.2, 0.25) is 0 Å². The molecule has 1 atom stereocenters. The lowest BCUT2D eigenvalue weighted by Crippen LogP contribution is -2.33. The summed E-state index contributed by atoms with van der Waals surface area (Å²) < 4.78 is 36.1. The quantitative estimate of drug-likeness (QED) is 0.245. The van der Waals surface area contributed by atoms with Crippen LogP contribution in [0.5, 0.6) is 11.5 Å². The van der Waals surface area contributed by atoms with E-state index in [4.69, 9.17) is 18.9 Å². The normalized spacial score (nSPS) is 11.7. The minimum atomic E-state index is -0.774. The maximum Gasteiger partial charge on any atom is 0.338 e. The standard InChI is InChI=1S/C28H31FO7/c1-17(2)25(30)33-15-22(16-34-27(32)28(5,6)7)35-20-10-8-19(9-11-20)23-13-12-21(14-24(23)29)36-26(31)18(3)4/h8-14,22H,1,3,15-16H2,2,4-7H3. The van der Waals surface area contributed by atoms with Gasteiger partial charge in [-0.25, -0.2) is 14.0 Å². The molecular formula is C28H31FO7. The Kier molecular flexibility index (Phi) is 9.55. The molecule has 192 valence electrons. The van der Waals surface area contributed by atoms with E-state index < -0.39 is 35.2 Å². The van der Waals surface area contributed by atoms with Crippen LogP contribution in [0, 0.1) is 11.2 Å². The van der Waals surface area contributed by atoms with Crippen molar-refractivity contribution in [1.82, 2.24) is 0 Å². The zero-order chi connectivity index (χ0) is 27.0. The van der Waals surface area contributed by atoms with Crippen molar-refractivity contribution in [2.45, 2.75) is 40.7 Å². The highest BCUT2D eigenvalue weighted by Crippen LogP contribution is 2.28. The monoisotopic (exact) mass is 498 g/mol. The van der Waals surface area contributed by atoms with Crippen LogP contribution in [0.4, 0.5) is 4.39 Å². The summed E-state index contributed by atoms with van der Waals surface area (Å²) >= 11 is 0. The Labute approximate surface area is 210 Å². The molecule has 0 fully saturated rings. The van der Waals surface area contributed by atoms with Crippen LogP contribution >= 0.6 is 0 Å². The predicted octanol–water partition coefficient (Wildman–Crippen LogP) is 5.43. The van der Waals surface area contributed by atoms with Crippen LogP contribution < -0.4 is 9.47 Å². The van der Waals surface area contributed by atoms with E-state index >= 15 is 0 Å². The summed E-state index contributed by atoms with van der Waals surface area (Å²) in [5.41, 5.74) is 0.580. The highest BCUT2D eigenvalue weighted by Gasteiger charge is 2.25. The fraction of sp³-hybridized carbons (Fsp3) is 0.321. The third-order valence-electron chi connectivity index (χ3n) is 4.73. The number of halogens is 1. The fourth-order valence-electron chi connectivity index (χ4n) is 2.69. The molecule has 0 heterocycles. The van der Waals surface area contributed by atoms with Crippen molar-refractivity contribution in [1.29, 1.82) is 0 Å². The SMILES string of the molecule is C=C(C)C(=O)OCC(COC(=O)C(C)(C)C)Oc1ccc(-c2ccc(OC(=O)C(=C)C)cc2F)cc1. The van der Waals surface area contributed by atoms with Gasteiger partial charge in [0, 0.05) is 22.8 Å². The number of benzene rings is 2. The zero-order valence-electron chi connectivity index (χ0n) is 21.2. The Morgan fingerprint density at radius 1 is 0.861 bits per heavy atom. The molecule has 0 radical (unpaired) electrons. The maximum absolute atomic E-state index is 14.7. The largest absolute Gasteiger partial charge is 0.483 e. The van der Waals surface area contributed by atoms with Gasteiger partial charge >= 0.3 is 17.9 Å². The fourth-order valence-corrected chi connectivity index (χ4v) is 2.69. The van der Waals surface area contributed by atoms with Gasteiger partial charge in [0.25, 0.3) is 0 Å². The summed E-state index contributed by atoms with van der Waals surface area (Å²) in [5, 5.41) is 0. The van der Waals surface area contributed by atoms with Crippen molar-refractivity contribution >= 4 is 17.9 Å². The number of hydrogen-bond donors (Lipinski definition) is 0. The molecule has 0 aliphatic heterocycles. The number of hydrogen-bond acceptors (Lipinski definition) is 7. The highest BCUT2D eigenvalue weighted by molar-refractivity contribution is 5.89. The summed E-state index contributed by atoms with van der Waals surface area (Å²) in [6.45, 7) is 14.9. The molecule has 0 amide bonds. The van der Waals surface area contributed by atoms with Gasteiger partial charge in [-0.1, -0.05) is 25.3 Å². The number of rotatable bonds is 10. The molecule has 0 aliphatic carbocycles. The first-order valence-corrected chi connectivity index (χ1v) is 11.2. The van der Waals surface area contributed by atoms with Crippen molar-refractivity contribution in [2.75, 3.05) is 13.2 Å². The molecule has 2 rings (SSSR count). The van der Waals surface area contributed by atoms with E-state index in [-0.39, 0.29) is 30.1 Å². The van der Waals surface area contributed by atoms with Gasteiger partial charge in [0.1, 0.15) is 30.5 Å². The smallest absolute Gasteiger partial charge is 0.338 e. The van der Waals surface area contributed by atoms with Gasteiger partial charge < -0.3 is 18.9 Å². The molecule has 0 spiro atoms. The lowest BCUT2D eigenvalue weighted by Gasteiger charge is -2.22. The van der Waals surface area contributed by atoms with Crippen molar-refractivity contribution < 1.29 is 37.7 Å². The van der Waals surface area contributed by atoms with E-state index in [1.54, 1.807) is 45.0 Å². The van der Waals surface area contributed by atoms with Crippen LogP contribution in [0.1, 0.15) is 34.6 Å². The first-order chi connectivity index (χ1) is 16.8. The molecule has 8 heteroatoms. The second-order valence-corrected chi connectivity index (χ2v) is 9.30. The average Bonchev–Trinajstić information content (AvgIpc) is 2.80. The third-order valence-corrected chi connectivity index (χ3v) is 4.73. The summed E-state index contributed by atoms with van der Waals surface area (Å²) in [5.74, 6) is -1.76. The number of carbonyl (C=O) groups is 3. The van der Waals surface area contributed by atoms with E-state index in [2.05, 4.69) is 13.2 Å². The second kappa shape index (κ2) is 12.2. The molecule has 36 heavy (non-hydrogen) atoms. The van der Waals surface area contributed by atoms with Crippen LogP contribution in [-0.2, 0) is 23.9 Å². The number of carbonyl (C=O) groups excluding carboxylic acids is 3. The molecular weight excluding hydrogens is 467 g/mol. The van der Waals surface area contributed by atoms with Gasteiger partial charge in [-0.2, -0.15) is 0 Å². The Bertz CT molecular complexity index is 1140. The first-order valence-electron chi connectivity index (χ1n) is 11.2. The predicted molar refractivity (Wildman–Crippen MR) is 133 cm³/mol. The highest BCUT2D eigenvalue weighted by atomic mass is 19.1. The Balaban J connectivity index is 2.13. The Morgan fingerprint density at radius 2 is 1.42 bits per heavy atom. The Morgan fingerprint density at radius 3 is 1.94 bits per heavy atom. The lowest BCUT2D eigenvalue weighted by molar-refractivity contribution is -0.157. The summed E-state index contributed by atoms with van der Waals surface area (Å²) in [6.07, 6.45) is -0.774. The molecule has 0 aliphatic rings. The molecule has 0 N–H and O–H groups in total. The van der Waals surface area contributed by atoms with Crippen molar-refractivity contribution in [3.05, 3.63) is 72.6 Å². The Hall–Kier alpha value is -3.94. The molecule has 0 aromatic heterocycles. The average molecular weight is 499 g/mol. The minimum absolute atomic E-state index is 0.0705. The van der Waals surface area contributed by atoms with Gasteiger partial charge in [0.05, 0.1) is 5.41 Å². The molecule has 0 saturated carbocycles. The van der Waals surface area contributed by atoms with Crippen LogP contribution in [0.2, 0.25) is 0 Å². The van der Waals surface area contributed by atoms with E-state index in [9.17, 15) is 18.8 Å². The van der Waals surface area contributed by atoms with Crippen LogP contribution in [0.3, 0.4) is 0 Å². The maximum atomic E-state index is 14.7. The van der Waals surface area contributed by atoms with E-state index in [1.807, 2.05) is 0 Å². The number of esters is 3. The van der Waals surface area contributed by atoms with Gasteiger partial charge in [-0.05, 0) is 64.4 Å². The van der Waals surface area contributed by atoms with Gasteiger partial charge in [-0.15, -0.1) is 0 Å². The van der Waals surface area contributed by atoms with Crippen molar-refractivity contribution in [2.24, 2.45) is 5.41 Å². The van der Waals surface area contributed by atoms with Crippen LogP contribution in [0.25, 0.3) is 11.1 Å². The van der Waals surface area contributed by atoms with E-state index in [0.717, 1.165) is 6.07 Å².